The molecule has 1 fully saturated rings. The van der Waals surface area contributed by atoms with Gasteiger partial charge in [0.15, 0.2) is 0 Å². The number of carbonyl (C=O) groups is 2. The molecule has 4 rings (SSSR count). The van der Waals surface area contributed by atoms with E-state index in [1.807, 2.05) is 19.9 Å². The third-order valence-electron chi connectivity index (χ3n) is 5.82. The van der Waals surface area contributed by atoms with Crippen LogP contribution in [0.2, 0.25) is 0 Å². The number of benzene rings is 2. The van der Waals surface area contributed by atoms with Crippen molar-refractivity contribution in [1.29, 1.82) is 0 Å². The second-order valence-corrected chi connectivity index (χ2v) is 7.76. The topological polar surface area (TPSA) is 67.4 Å². The zero-order valence-corrected chi connectivity index (χ0v) is 16.2. The predicted molar refractivity (Wildman–Crippen MR) is 103 cm³/mol. The van der Waals surface area contributed by atoms with E-state index in [0.29, 0.717) is 24.3 Å². The quantitative estimate of drug-likeness (QED) is 0.857. The standard InChI is InChI=1S/C22H23FN2O3/c1-12-13(2)19-17(21(27)25-22(6-7-22)11-28-19)10-15(12)8-14-4-5-16(18(23)9-14)20(26)24-3/h4-5,9-10H,6-8,11H2,1-3H3,(H,24,26)(H,25,27). The van der Waals surface area contributed by atoms with Crippen molar-refractivity contribution in [2.45, 2.75) is 38.6 Å². The molecule has 6 heteroatoms. The highest BCUT2D eigenvalue weighted by atomic mass is 19.1. The summed E-state index contributed by atoms with van der Waals surface area (Å²) in [6, 6.07) is 6.45. The number of amides is 2. The number of hydrogen-bond acceptors (Lipinski definition) is 3. The first-order chi connectivity index (χ1) is 13.3. The number of fused-ring (bicyclic) bond motifs is 1. The van der Waals surface area contributed by atoms with E-state index in [1.165, 1.54) is 19.2 Å². The Morgan fingerprint density at radius 3 is 2.64 bits per heavy atom. The number of ether oxygens (including phenoxy) is 1. The van der Waals surface area contributed by atoms with Gasteiger partial charge in [-0.25, -0.2) is 4.39 Å². The Balaban J connectivity index is 1.68. The van der Waals surface area contributed by atoms with Crippen LogP contribution in [0.25, 0.3) is 0 Å². The van der Waals surface area contributed by atoms with E-state index in [4.69, 9.17) is 4.74 Å². The molecule has 2 amide bonds. The molecule has 28 heavy (non-hydrogen) atoms. The molecular weight excluding hydrogens is 359 g/mol. The van der Waals surface area contributed by atoms with Crippen molar-refractivity contribution in [3.8, 4) is 5.75 Å². The lowest BCUT2D eigenvalue weighted by atomic mass is 9.93. The molecule has 2 aromatic carbocycles. The van der Waals surface area contributed by atoms with Crippen LogP contribution in [0.1, 0.15) is 55.8 Å². The Labute approximate surface area is 163 Å². The van der Waals surface area contributed by atoms with Gasteiger partial charge >= 0.3 is 0 Å². The maximum atomic E-state index is 14.3. The van der Waals surface area contributed by atoms with E-state index in [2.05, 4.69) is 10.6 Å². The SMILES string of the molecule is CNC(=O)c1ccc(Cc2cc3c(c(C)c2C)OCC2(CC2)NC3=O)cc1F. The molecule has 0 radical (unpaired) electrons. The summed E-state index contributed by atoms with van der Waals surface area (Å²) in [5.74, 6) is -0.485. The van der Waals surface area contributed by atoms with Crippen LogP contribution in [-0.4, -0.2) is 31.0 Å². The first kappa shape index (κ1) is 18.5. The molecule has 1 saturated carbocycles. The molecule has 0 bridgehead atoms. The molecule has 1 heterocycles. The molecule has 2 aliphatic rings. The van der Waals surface area contributed by atoms with Crippen LogP contribution in [0.3, 0.4) is 0 Å². The van der Waals surface area contributed by atoms with Gasteiger partial charge in [0.2, 0.25) is 0 Å². The fourth-order valence-corrected chi connectivity index (χ4v) is 3.68. The Bertz CT molecular complexity index is 996. The Morgan fingerprint density at radius 1 is 1.25 bits per heavy atom. The van der Waals surface area contributed by atoms with Crippen LogP contribution < -0.4 is 15.4 Å². The van der Waals surface area contributed by atoms with Gasteiger partial charge < -0.3 is 15.4 Å². The van der Waals surface area contributed by atoms with E-state index in [0.717, 1.165) is 35.1 Å². The number of halogens is 1. The Morgan fingerprint density at radius 2 is 2.00 bits per heavy atom. The van der Waals surface area contributed by atoms with Crippen molar-refractivity contribution in [1.82, 2.24) is 10.6 Å². The molecule has 146 valence electrons. The van der Waals surface area contributed by atoms with Crippen molar-refractivity contribution in [2.75, 3.05) is 13.7 Å². The minimum atomic E-state index is -0.558. The fraction of sp³-hybridized carbons (Fsp3) is 0.364. The number of rotatable bonds is 3. The zero-order valence-electron chi connectivity index (χ0n) is 16.2. The van der Waals surface area contributed by atoms with Gasteiger partial charge in [0.25, 0.3) is 11.8 Å². The lowest BCUT2D eigenvalue weighted by molar-refractivity contribution is 0.0930. The van der Waals surface area contributed by atoms with Gasteiger partial charge in [0.05, 0.1) is 16.7 Å². The summed E-state index contributed by atoms with van der Waals surface area (Å²) in [6.07, 6.45) is 2.34. The highest BCUT2D eigenvalue weighted by Gasteiger charge is 2.47. The Hall–Kier alpha value is -2.89. The number of nitrogens with one attached hydrogen (secondary N) is 2. The molecule has 0 unspecified atom stereocenters. The fourth-order valence-electron chi connectivity index (χ4n) is 3.68. The second kappa shape index (κ2) is 6.62. The van der Waals surface area contributed by atoms with Crippen LogP contribution in [0.5, 0.6) is 5.75 Å². The smallest absolute Gasteiger partial charge is 0.255 e. The summed E-state index contributed by atoms with van der Waals surface area (Å²) in [5, 5.41) is 5.52. The van der Waals surface area contributed by atoms with Gasteiger partial charge in [-0.1, -0.05) is 6.07 Å². The summed E-state index contributed by atoms with van der Waals surface area (Å²) in [5.41, 5.74) is 3.97. The van der Waals surface area contributed by atoms with Gasteiger partial charge in [-0.05, 0) is 73.6 Å². The second-order valence-electron chi connectivity index (χ2n) is 7.76. The van der Waals surface area contributed by atoms with Crippen molar-refractivity contribution in [3.05, 3.63) is 63.5 Å². The Kier molecular flexibility index (Phi) is 4.37. The van der Waals surface area contributed by atoms with Crippen LogP contribution in [0.15, 0.2) is 24.3 Å². The average Bonchev–Trinajstić information content (AvgIpc) is 3.45. The average molecular weight is 382 g/mol. The monoisotopic (exact) mass is 382 g/mol. The molecule has 1 spiro atoms. The van der Waals surface area contributed by atoms with Crippen LogP contribution in [0.4, 0.5) is 4.39 Å². The normalized spacial score (nSPS) is 16.6. The van der Waals surface area contributed by atoms with Crippen LogP contribution in [0, 0.1) is 19.7 Å². The van der Waals surface area contributed by atoms with Crippen molar-refractivity contribution >= 4 is 11.8 Å². The highest BCUT2D eigenvalue weighted by Crippen LogP contribution is 2.41. The van der Waals surface area contributed by atoms with E-state index >= 15 is 0 Å². The minimum Gasteiger partial charge on any atom is -0.490 e. The van der Waals surface area contributed by atoms with E-state index in [1.54, 1.807) is 6.07 Å². The van der Waals surface area contributed by atoms with E-state index in [-0.39, 0.29) is 17.0 Å². The first-order valence-electron chi connectivity index (χ1n) is 9.42. The number of carbonyl (C=O) groups excluding carboxylic acids is 2. The molecule has 1 aliphatic carbocycles. The van der Waals surface area contributed by atoms with E-state index in [9.17, 15) is 14.0 Å². The number of hydrogen-bond donors (Lipinski definition) is 2. The summed E-state index contributed by atoms with van der Waals surface area (Å²) in [4.78, 5) is 24.4. The molecule has 5 nitrogen and oxygen atoms in total. The maximum absolute atomic E-state index is 14.3. The summed E-state index contributed by atoms with van der Waals surface area (Å²) >= 11 is 0. The molecule has 0 saturated heterocycles. The largest absolute Gasteiger partial charge is 0.490 e. The molecule has 0 aromatic heterocycles. The summed E-state index contributed by atoms with van der Waals surface area (Å²) in [7, 11) is 1.47. The molecule has 1 aliphatic heterocycles. The van der Waals surface area contributed by atoms with Crippen molar-refractivity contribution < 1.29 is 18.7 Å². The third kappa shape index (κ3) is 3.13. The van der Waals surface area contributed by atoms with Crippen molar-refractivity contribution in [3.63, 3.8) is 0 Å². The van der Waals surface area contributed by atoms with Gasteiger partial charge in [-0.15, -0.1) is 0 Å². The maximum Gasteiger partial charge on any atom is 0.255 e. The van der Waals surface area contributed by atoms with Gasteiger partial charge in [-0.2, -0.15) is 0 Å². The first-order valence-corrected chi connectivity index (χ1v) is 9.42. The third-order valence-corrected chi connectivity index (χ3v) is 5.82. The lowest BCUT2D eigenvalue weighted by Crippen LogP contribution is -2.38. The molecule has 2 N–H and O–H groups in total. The van der Waals surface area contributed by atoms with Crippen molar-refractivity contribution in [2.24, 2.45) is 0 Å². The van der Waals surface area contributed by atoms with Gasteiger partial charge in [0, 0.05) is 7.05 Å². The van der Waals surface area contributed by atoms with E-state index < -0.39 is 11.7 Å². The summed E-state index contributed by atoms with van der Waals surface area (Å²) in [6.45, 7) is 4.43. The molecule has 0 atom stereocenters. The van der Waals surface area contributed by atoms with Crippen LogP contribution in [-0.2, 0) is 6.42 Å². The molecule has 2 aromatic rings. The minimum absolute atomic E-state index is 0.0172. The lowest BCUT2D eigenvalue weighted by Gasteiger charge is -2.16. The predicted octanol–water partition coefficient (Wildman–Crippen LogP) is 3.05. The molecular formula is C22H23FN2O3. The summed E-state index contributed by atoms with van der Waals surface area (Å²) < 4.78 is 20.3. The van der Waals surface area contributed by atoms with Crippen LogP contribution >= 0.6 is 0 Å². The van der Waals surface area contributed by atoms with Gasteiger partial charge in [-0.3, -0.25) is 9.59 Å². The van der Waals surface area contributed by atoms with Gasteiger partial charge in [0.1, 0.15) is 18.2 Å². The highest BCUT2D eigenvalue weighted by molar-refractivity contribution is 5.99. The zero-order chi connectivity index (χ0) is 20.1.